The lowest BCUT2D eigenvalue weighted by Crippen LogP contribution is -2.35. The van der Waals surface area contributed by atoms with Crippen molar-refractivity contribution < 1.29 is 0 Å². The van der Waals surface area contributed by atoms with Crippen LogP contribution in [-0.4, -0.2) is 0 Å². The second-order valence-corrected chi connectivity index (χ2v) is 7.01. The topological polar surface area (TPSA) is 0 Å². The van der Waals surface area contributed by atoms with Crippen molar-refractivity contribution in [2.75, 3.05) is 0 Å². The van der Waals surface area contributed by atoms with Gasteiger partial charge in [-0.3, -0.25) is 0 Å². The molecule has 0 saturated carbocycles. The molecule has 0 aliphatic rings. The van der Waals surface area contributed by atoms with E-state index in [0.29, 0.717) is 10.8 Å². The maximum atomic E-state index is 2.44. The van der Waals surface area contributed by atoms with Crippen molar-refractivity contribution in [1.82, 2.24) is 0 Å². The molecule has 0 aliphatic carbocycles. The standard InChI is InChI=1S/C15H32/c1-9-12(3)11-13(14(4,5)6)15(7,8)10-2/h12-13H,9-11H2,1-8H3. The minimum absolute atomic E-state index is 0.433. The Hall–Kier alpha value is 0. The molecule has 0 amide bonds. The summed E-state index contributed by atoms with van der Waals surface area (Å²) in [6.45, 7) is 19.1. The fourth-order valence-corrected chi connectivity index (χ4v) is 2.66. The van der Waals surface area contributed by atoms with E-state index in [1.807, 2.05) is 0 Å². The summed E-state index contributed by atoms with van der Waals surface area (Å²) in [5, 5.41) is 0. The Bertz CT molecular complexity index is 171. The van der Waals surface area contributed by atoms with E-state index in [-0.39, 0.29) is 0 Å². The van der Waals surface area contributed by atoms with Crippen molar-refractivity contribution in [3.63, 3.8) is 0 Å². The molecule has 0 aliphatic heterocycles. The van der Waals surface area contributed by atoms with Gasteiger partial charge < -0.3 is 0 Å². The first-order valence-electron chi connectivity index (χ1n) is 6.65. The SMILES string of the molecule is CCC(C)CC(C(C)(C)C)C(C)(C)CC. The van der Waals surface area contributed by atoms with E-state index >= 15 is 0 Å². The normalized spacial score (nSPS) is 17.6. The number of hydrogen-bond acceptors (Lipinski definition) is 0. The van der Waals surface area contributed by atoms with Crippen molar-refractivity contribution in [3.8, 4) is 0 Å². The van der Waals surface area contributed by atoms with E-state index in [1.54, 1.807) is 0 Å². The molecule has 0 rings (SSSR count). The first-order valence-corrected chi connectivity index (χ1v) is 6.65. The van der Waals surface area contributed by atoms with Gasteiger partial charge >= 0.3 is 0 Å². The molecule has 0 radical (unpaired) electrons. The second-order valence-electron chi connectivity index (χ2n) is 7.01. The Labute approximate surface area is 97.8 Å². The Morgan fingerprint density at radius 1 is 0.933 bits per heavy atom. The van der Waals surface area contributed by atoms with E-state index < -0.39 is 0 Å². The fourth-order valence-electron chi connectivity index (χ4n) is 2.66. The van der Waals surface area contributed by atoms with Crippen LogP contribution in [-0.2, 0) is 0 Å². The molecule has 0 spiro atoms. The first-order chi connectivity index (χ1) is 6.65. The van der Waals surface area contributed by atoms with Gasteiger partial charge in [0.05, 0.1) is 0 Å². The van der Waals surface area contributed by atoms with Gasteiger partial charge in [-0.05, 0) is 29.1 Å². The molecule has 0 aromatic rings. The lowest BCUT2D eigenvalue weighted by Gasteiger charge is -2.44. The predicted molar refractivity (Wildman–Crippen MR) is 71.1 cm³/mol. The van der Waals surface area contributed by atoms with Crippen LogP contribution >= 0.6 is 0 Å². The van der Waals surface area contributed by atoms with Crippen LogP contribution in [0.3, 0.4) is 0 Å². The van der Waals surface area contributed by atoms with E-state index in [1.165, 1.54) is 19.3 Å². The zero-order valence-electron chi connectivity index (χ0n) is 12.3. The van der Waals surface area contributed by atoms with Gasteiger partial charge in [0, 0.05) is 0 Å². The molecule has 0 bridgehead atoms. The van der Waals surface area contributed by atoms with Crippen molar-refractivity contribution in [3.05, 3.63) is 0 Å². The molecular weight excluding hydrogens is 180 g/mol. The summed E-state index contributed by atoms with van der Waals surface area (Å²) in [6, 6.07) is 0. The Morgan fingerprint density at radius 2 is 1.40 bits per heavy atom. The highest BCUT2D eigenvalue weighted by Gasteiger charge is 2.36. The maximum absolute atomic E-state index is 2.44. The molecule has 0 aromatic heterocycles. The lowest BCUT2D eigenvalue weighted by molar-refractivity contribution is 0.0595. The molecule has 0 N–H and O–H groups in total. The van der Waals surface area contributed by atoms with Crippen LogP contribution < -0.4 is 0 Å². The zero-order valence-corrected chi connectivity index (χ0v) is 12.3. The van der Waals surface area contributed by atoms with Gasteiger partial charge in [0.2, 0.25) is 0 Å². The molecule has 15 heavy (non-hydrogen) atoms. The molecule has 0 aromatic carbocycles. The van der Waals surface area contributed by atoms with Gasteiger partial charge in [-0.25, -0.2) is 0 Å². The van der Waals surface area contributed by atoms with Crippen molar-refractivity contribution in [2.45, 2.75) is 74.7 Å². The molecule has 0 heteroatoms. The van der Waals surface area contributed by atoms with E-state index in [9.17, 15) is 0 Å². The van der Waals surface area contributed by atoms with E-state index in [2.05, 4.69) is 55.4 Å². The monoisotopic (exact) mass is 212 g/mol. The van der Waals surface area contributed by atoms with E-state index in [4.69, 9.17) is 0 Å². The van der Waals surface area contributed by atoms with Crippen LogP contribution in [0.5, 0.6) is 0 Å². The van der Waals surface area contributed by atoms with Gasteiger partial charge in [-0.2, -0.15) is 0 Å². The highest BCUT2D eigenvalue weighted by atomic mass is 14.4. The smallest absolute Gasteiger partial charge is 0.0311 e. The molecule has 2 atom stereocenters. The molecule has 0 nitrogen and oxygen atoms in total. The molecule has 0 fully saturated rings. The number of rotatable bonds is 5. The van der Waals surface area contributed by atoms with Crippen LogP contribution in [0.4, 0.5) is 0 Å². The van der Waals surface area contributed by atoms with E-state index in [0.717, 1.165) is 11.8 Å². The van der Waals surface area contributed by atoms with Crippen molar-refractivity contribution >= 4 is 0 Å². The lowest BCUT2D eigenvalue weighted by atomic mass is 9.61. The van der Waals surface area contributed by atoms with Crippen LogP contribution in [0.2, 0.25) is 0 Å². The highest BCUT2D eigenvalue weighted by Crippen LogP contribution is 2.46. The minimum atomic E-state index is 0.433. The summed E-state index contributed by atoms with van der Waals surface area (Å²) in [7, 11) is 0. The Kier molecular flexibility index (Phi) is 5.37. The van der Waals surface area contributed by atoms with Gasteiger partial charge in [0.15, 0.2) is 0 Å². The van der Waals surface area contributed by atoms with Gasteiger partial charge in [-0.15, -0.1) is 0 Å². The third-order valence-corrected chi connectivity index (χ3v) is 4.23. The average Bonchev–Trinajstić information content (AvgIpc) is 2.11. The summed E-state index contributed by atoms with van der Waals surface area (Å²) < 4.78 is 0. The molecule has 0 saturated heterocycles. The summed E-state index contributed by atoms with van der Waals surface area (Å²) in [5.41, 5.74) is 0.907. The van der Waals surface area contributed by atoms with Crippen LogP contribution in [0, 0.1) is 22.7 Å². The molecular formula is C15H32. The molecule has 92 valence electrons. The molecule has 0 heterocycles. The quantitative estimate of drug-likeness (QED) is 0.563. The van der Waals surface area contributed by atoms with Crippen LogP contribution in [0.15, 0.2) is 0 Å². The zero-order chi connectivity index (χ0) is 12.3. The van der Waals surface area contributed by atoms with Gasteiger partial charge in [-0.1, -0.05) is 68.2 Å². The third-order valence-electron chi connectivity index (χ3n) is 4.23. The minimum Gasteiger partial charge on any atom is -0.0651 e. The second kappa shape index (κ2) is 5.37. The summed E-state index contributed by atoms with van der Waals surface area (Å²) in [6.07, 6.45) is 3.97. The summed E-state index contributed by atoms with van der Waals surface area (Å²) >= 11 is 0. The summed E-state index contributed by atoms with van der Waals surface area (Å²) in [5.74, 6) is 1.69. The largest absolute Gasteiger partial charge is 0.0651 e. The van der Waals surface area contributed by atoms with Gasteiger partial charge in [0.1, 0.15) is 0 Å². The summed E-state index contributed by atoms with van der Waals surface area (Å²) in [4.78, 5) is 0. The Morgan fingerprint density at radius 3 is 1.67 bits per heavy atom. The third kappa shape index (κ3) is 4.57. The highest BCUT2D eigenvalue weighted by molar-refractivity contribution is 4.86. The van der Waals surface area contributed by atoms with Crippen molar-refractivity contribution in [1.29, 1.82) is 0 Å². The average molecular weight is 212 g/mol. The predicted octanol–water partition coefficient (Wildman–Crippen LogP) is 5.52. The maximum Gasteiger partial charge on any atom is -0.0311 e. The van der Waals surface area contributed by atoms with Crippen LogP contribution in [0.1, 0.15) is 74.7 Å². The van der Waals surface area contributed by atoms with Gasteiger partial charge in [0.25, 0.3) is 0 Å². The number of hydrogen-bond donors (Lipinski definition) is 0. The molecule has 2 unspecified atom stereocenters. The van der Waals surface area contributed by atoms with Crippen LogP contribution in [0.25, 0.3) is 0 Å². The fraction of sp³-hybridized carbons (Fsp3) is 1.00. The van der Waals surface area contributed by atoms with Crippen molar-refractivity contribution in [2.24, 2.45) is 22.7 Å². The first kappa shape index (κ1) is 15.0. The Balaban J connectivity index is 4.75.